The Balaban J connectivity index is 1.82. The van der Waals surface area contributed by atoms with Crippen LogP contribution in [0.2, 0.25) is 0 Å². The number of fused-ring (bicyclic) bond motifs is 1. The van der Waals surface area contributed by atoms with Gasteiger partial charge in [0.25, 0.3) is 5.91 Å². The molecule has 0 radical (unpaired) electrons. The maximum atomic E-state index is 13.6. The standard InChI is InChI=1S/C21H19FN2O3S/c1-26-16-10-13-6-8-24(21(25)14-5-7-23-19(22)11-14)20(18-4-3-9-28-18)15(13)12-17(16)27-2/h3-5,7,9-12,20H,6,8H2,1-2H3/t20-/m1/s1. The van der Waals surface area contributed by atoms with E-state index in [9.17, 15) is 9.18 Å². The highest BCUT2D eigenvalue weighted by Crippen LogP contribution is 2.42. The topological polar surface area (TPSA) is 51.7 Å². The number of nitrogens with zero attached hydrogens (tertiary/aromatic N) is 2. The highest BCUT2D eigenvalue weighted by atomic mass is 32.1. The lowest BCUT2D eigenvalue weighted by Gasteiger charge is -2.37. The second-order valence-electron chi connectivity index (χ2n) is 6.44. The number of aromatic nitrogens is 1. The number of pyridine rings is 1. The van der Waals surface area contributed by atoms with Crippen molar-refractivity contribution < 1.29 is 18.7 Å². The summed E-state index contributed by atoms with van der Waals surface area (Å²) in [5.41, 5.74) is 2.40. The van der Waals surface area contributed by atoms with Crippen LogP contribution in [0.15, 0.2) is 48.0 Å². The number of halogens is 1. The third-order valence-electron chi connectivity index (χ3n) is 4.92. The zero-order chi connectivity index (χ0) is 19.7. The van der Waals surface area contributed by atoms with Crippen molar-refractivity contribution in [2.45, 2.75) is 12.5 Å². The quantitative estimate of drug-likeness (QED) is 0.621. The summed E-state index contributed by atoms with van der Waals surface area (Å²) in [7, 11) is 3.20. The molecule has 0 aliphatic carbocycles. The van der Waals surface area contributed by atoms with E-state index in [4.69, 9.17) is 9.47 Å². The fraction of sp³-hybridized carbons (Fsp3) is 0.238. The first-order valence-electron chi connectivity index (χ1n) is 8.83. The number of hydrogen-bond acceptors (Lipinski definition) is 5. The van der Waals surface area contributed by atoms with Gasteiger partial charge in [-0.05, 0) is 47.2 Å². The average molecular weight is 398 g/mol. The number of thiophene rings is 1. The fourth-order valence-corrected chi connectivity index (χ4v) is 4.47. The van der Waals surface area contributed by atoms with Gasteiger partial charge >= 0.3 is 0 Å². The highest BCUT2D eigenvalue weighted by Gasteiger charge is 2.34. The lowest BCUT2D eigenvalue weighted by atomic mass is 9.90. The van der Waals surface area contributed by atoms with E-state index in [1.165, 1.54) is 12.3 Å². The molecule has 1 aliphatic heterocycles. The van der Waals surface area contributed by atoms with E-state index < -0.39 is 5.95 Å². The lowest BCUT2D eigenvalue weighted by Crippen LogP contribution is -2.40. The van der Waals surface area contributed by atoms with Gasteiger partial charge in [-0.2, -0.15) is 4.39 Å². The van der Waals surface area contributed by atoms with Crippen molar-refractivity contribution in [3.63, 3.8) is 0 Å². The number of hydrogen-bond donors (Lipinski definition) is 0. The molecule has 3 heterocycles. The maximum Gasteiger partial charge on any atom is 0.254 e. The molecule has 0 fully saturated rings. The van der Waals surface area contributed by atoms with Gasteiger partial charge in [0.15, 0.2) is 11.5 Å². The summed E-state index contributed by atoms with van der Waals surface area (Å²) < 4.78 is 24.5. The number of ether oxygens (including phenoxy) is 2. The largest absolute Gasteiger partial charge is 0.493 e. The van der Waals surface area contributed by atoms with E-state index >= 15 is 0 Å². The molecule has 1 amide bonds. The van der Waals surface area contributed by atoms with Crippen LogP contribution < -0.4 is 9.47 Å². The molecule has 28 heavy (non-hydrogen) atoms. The molecule has 1 aromatic carbocycles. The molecule has 0 bridgehead atoms. The Morgan fingerprint density at radius 3 is 2.68 bits per heavy atom. The monoisotopic (exact) mass is 398 g/mol. The molecule has 3 aromatic rings. The lowest BCUT2D eigenvalue weighted by molar-refractivity contribution is 0.0696. The summed E-state index contributed by atoms with van der Waals surface area (Å²) in [6.45, 7) is 0.522. The minimum Gasteiger partial charge on any atom is -0.493 e. The predicted octanol–water partition coefficient (Wildman–Crippen LogP) is 4.09. The molecule has 0 N–H and O–H groups in total. The molecule has 7 heteroatoms. The molecule has 144 valence electrons. The van der Waals surface area contributed by atoms with E-state index in [1.807, 2.05) is 29.6 Å². The van der Waals surface area contributed by atoms with Gasteiger partial charge in [0, 0.05) is 29.2 Å². The first kappa shape index (κ1) is 18.4. The van der Waals surface area contributed by atoms with Gasteiger partial charge in [-0.1, -0.05) is 6.07 Å². The molecule has 5 nitrogen and oxygen atoms in total. The van der Waals surface area contributed by atoms with Crippen LogP contribution in [0.1, 0.15) is 32.4 Å². The Bertz CT molecular complexity index is 1010. The Morgan fingerprint density at radius 2 is 2.00 bits per heavy atom. The second kappa shape index (κ2) is 7.59. The van der Waals surface area contributed by atoms with Gasteiger partial charge in [-0.3, -0.25) is 4.79 Å². The van der Waals surface area contributed by atoms with Gasteiger partial charge in [-0.15, -0.1) is 11.3 Å². The van der Waals surface area contributed by atoms with E-state index in [0.717, 1.165) is 16.0 Å². The number of carbonyl (C=O) groups excluding carboxylic acids is 1. The van der Waals surface area contributed by atoms with Crippen molar-refractivity contribution in [2.24, 2.45) is 0 Å². The number of rotatable bonds is 4. The summed E-state index contributed by atoms with van der Waals surface area (Å²) in [5, 5.41) is 1.99. The summed E-state index contributed by atoms with van der Waals surface area (Å²) in [5.74, 6) is 0.400. The van der Waals surface area contributed by atoms with Gasteiger partial charge in [0.05, 0.1) is 20.3 Å². The fourth-order valence-electron chi connectivity index (χ4n) is 3.62. The first-order valence-corrected chi connectivity index (χ1v) is 9.71. The van der Waals surface area contributed by atoms with Gasteiger partial charge in [-0.25, -0.2) is 4.98 Å². The van der Waals surface area contributed by atoms with Crippen molar-refractivity contribution in [3.05, 3.63) is 75.5 Å². The van der Waals surface area contributed by atoms with Crippen LogP contribution in [0.3, 0.4) is 0 Å². The molecular formula is C21H19FN2O3S. The Kier molecular flexibility index (Phi) is 5.00. The third kappa shape index (κ3) is 3.22. The molecule has 0 unspecified atom stereocenters. The van der Waals surface area contributed by atoms with Crippen molar-refractivity contribution in [3.8, 4) is 11.5 Å². The van der Waals surface area contributed by atoms with Crippen molar-refractivity contribution in [1.29, 1.82) is 0 Å². The van der Waals surface area contributed by atoms with Crippen LogP contribution >= 0.6 is 11.3 Å². The zero-order valence-corrected chi connectivity index (χ0v) is 16.3. The molecule has 1 aliphatic rings. The molecule has 0 saturated carbocycles. The number of benzene rings is 1. The summed E-state index contributed by atoms with van der Waals surface area (Å²) in [6.07, 6.45) is 1.99. The Labute approximate surface area is 166 Å². The average Bonchev–Trinajstić information content (AvgIpc) is 3.25. The van der Waals surface area contributed by atoms with Crippen LogP contribution in [0, 0.1) is 5.95 Å². The molecular weight excluding hydrogens is 379 g/mol. The molecule has 1 atom stereocenters. The van der Waals surface area contributed by atoms with Crippen molar-refractivity contribution >= 4 is 17.2 Å². The smallest absolute Gasteiger partial charge is 0.254 e. The van der Waals surface area contributed by atoms with Crippen LogP contribution in [0.4, 0.5) is 4.39 Å². The van der Waals surface area contributed by atoms with Gasteiger partial charge in [0.2, 0.25) is 5.95 Å². The van der Waals surface area contributed by atoms with E-state index in [0.29, 0.717) is 24.5 Å². The van der Waals surface area contributed by atoms with Crippen LogP contribution in [-0.4, -0.2) is 36.6 Å². The minimum atomic E-state index is -0.665. The minimum absolute atomic E-state index is 0.222. The number of methoxy groups -OCH3 is 2. The number of carbonyl (C=O) groups is 1. The van der Waals surface area contributed by atoms with E-state index in [-0.39, 0.29) is 17.5 Å². The van der Waals surface area contributed by atoms with E-state index in [1.54, 1.807) is 36.5 Å². The second-order valence-corrected chi connectivity index (χ2v) is 7.42. The molecule has 4 rings (SSSR count). The van der Waals surface area contributed by atoms with Crippen LogP contribution in [0.25, 0.3) is 0 Å². The summed E-state index contributed by atoms with van der Waals surface area (Å²) >= 11 is 1.58. The molecule has 0 saturated heterocycles. The third-order valence-corrected chi connectivity index (χ3v) is 5.85. The normalized spacial score (nSPS) is 15.8. The number of amides is 1. The van der Waals surface area contributed by atoms with Gasteiger partial charge in [0.1, 0.15) is 0 Å². The highest BCUT2D eigenvalue weighted by molar-refractivity contribution is 7.10. The van der Waals surface area contributed by atoms with Crippen molar-refractivity contribution in [2.75, 3.05) is 20.8 Å². The van der Waals surface area contributed by atoms with Crippen LogP contribution in [0.5, 0.6) is 11.5 Å². The van der Waals surface area contributed by atoms with Crippen LogP contribution in [-0.2, 0) is 6.42 Å². The molecule has 0 spiro atoms. The van der Waals surface area contributed by atoms with Gasteiger partial charge < -0.3 is 14.4 Å². The Hall–Kier alpha value is -2.93. The molecule has 2 aromatic heterocycles. The van der Waals surface area contributed by atoms with E-state index in [2.05, 4.69) is 4.98 Å². The first-order chi connectivity index (χ1) is 13.6. The predicted molar refractivity (Wildman–Crippen MR) is 105 cm³/mol. The summed E-state index contributed by atoms with van der Waals surface area (Å²) in [6, 6.07) is 10.3. The summed E-state index contributed by atoms with van der Waals surface area (Å²) in [4.78, 5) is 19.6. The Morgan fingerprint density at radius 1 is 1.21 bits per heavy atom. The SMILES string of the molecule is COc1cc2c(cc1OC)[C@H](c1cccs1)N(C(=O)c1ccnc(F)c1)CC2. The maximum absolute atomic E-state index is 13.6. The van der Waals surface area contributed by atoms with Crippen molar-refractivity contribution in [1.82, 2.24) is 9.88 Å². The zero-order valence-electron chi connectivity index (χ0n) is 15.5.